The lowest BCUT2D eigenvalue weighted by Crippen LogP contribution is -1.93. The predicted molar refractivity (Wildman–Crippen MR) is 79.6 cm³/mol. The lowest BCUT2D eigenvalue weighted by atomic mass is 10.1. The maximum absolute atomic E-state index is 5.43. The van der Waals surface area contributed by atoms with Crippen molar-refractivity contribution >= 4 is 22.6 Å². The largest absolute Gasteiger partial charge is 0.494 e. The summed E-state index contributed by atoms with van der Waals surface area (Å²) in [5.41, 5.74) is 2.69. The van der Waals surface area contributed by atoms with Gasteiger partial charge in [-0.25, -0.2) is 0 Å². The number of ether oxygens (including phenoxy) is 1. The standard InChI is InChI=1S/C15H15IO/c1-2-17-14-9-7-12(8-10-14)11-13-5-3-4-6-15(13)16/h3-10H,2,11H2,1H3. The second-order valence-electron chi connectivity index (χ2n) is 3.85. The van der Waals surface area contributed by atoms with Gasteiger partial charge in [0, 0.05) is 3.57 Å². The zero-order chi connectivity index (χ0) is 12.1. The van der Waals surface area contributed by atoms with E-state index in [9.17, 15) is 0 Å². The van der Waals surface area contributed by atoms with Gasteiger partial charge in [-0.1, -0.05) is 30.3 Å². The van der Waals surface area contributed by atoms with Crippen molar-refractivity contribution in [2.24, 2.45) is 0 Å². The Balaban J connectivity index is 2.11. The van der Waals surface area contributed by atoms with E-state index >= 15 is 0 Å². The summed E-state index contributed by atoms with van der Waals surface area (Å²) < 4.78 is 6.75. The molecule has 2 rings (SSSR count). The van der Waals surface area contributed by atoms with Gasteiger partial charge in [0.25, 0.3) is 0 Å². The molecule has 0 aliphatic heterocycles. The van der Waals surface area contributed by atoms with Crippen molar-refractivity contribution in [1.82, 2.24) is 0 Å². The van der Waals surface area contributed by atoms with Gasteiger partial charge >= 0.3 is 0 Å². The molecular weight excluding hydrogens is 323 g/mol. The molecular formula is C15H15IO. The molecule has 0 atom stereocenters. The molecule has 0 amide bonds. The molecule has 0 heterocycles. The van der Waals surface area contributed by atoms with Crippen LogP contribution in [0.1, 0.15) is 18.1 Å². The summed E-state index contributed by atoms with van der Waals surface area (Å²) in [4.78, 5) is 0. The predicted octanol–water partition coefficient (Wildman–Crippen LogP) is 4.28. The quantitative estimate of drug-likeness (QED) is 0.756. The minimum atomic E-state index is 0.718. The van der Waals surface area contributed by atoms with Crippen LogP contribution in [0.15, 0.2) is 48.5 Å². The van der Waals surface area contributed by atoms with Crippen LogP contribution in [0.25, 0.3) is 0 Å². The van der Waals surface area contributed by atoms with Crippen molar-refractivity contribution in [2.45, 2.75) is 13.3 Å². The minimum absolute atomic E-state index is 0.718. The Bertz CT molecular complexity index is 477. The van der Waals surface area contributed by atoms with Crippen LogP contribution >= 0.6 is 22.6 Å². The second-order valence-corrected chi connectivity index (χ2v) is 5.01. The summed E-state index contributed by atoms with van der Waals surface area (Å²) in [5.74, 6) is 0.944. The summed E-state index contributed by atoms with van der Waals surface area (Å²) in [6, 6.07) is 16.8. The van der Waals surface area contributed by atoms with Crippen molar-refractivity contribution in [3.63, 3.8) is 0 Å². The van der Waals surface area contributed by atoms with Crippen LogP contribution in [0.2, 0.25) is 0 Å². The Morgan fingerprint density at radius 2 is 1.71 bits per heavy atom. The smallest absolute Gasteiger partial charge is 0.119 e. The highest BCUT2D eigenvalue weighted by Crippen LogP contribution is 2.18. The molecule has 0 aliphatic carbocycles. The Labute approximate surface area is 116 Å². The highest BCUT2D eigenvalue weighted by Gasteiger charge is 2.00. The highest BCUT2D eigenvalue weighted by molar-refractivity contribution is 14.1. The number of benzene rings is 2. The summed E-state index contributed by atoms with van der Waals surface area (Å²) in [7, 11) is 0. The first-order valence-corrected chi connectivity index (χ1v) is 6.82. The summed E-state index contributed by atoms with van der Waals surface area (Å²) >= 11 is 2.38. The van der Waals surface area contributed by atoms with Gasteiger partial charge in [-0.3, -0.25) is 0 Å². The monoisotopic (exact) mass is 338 g/mol. The molecule has 88 valence electrons. The first-order chi connectivity index (χ1) is 8.29. The molecule has 0 unspecified atom stereocenters. The Kier molecular flexibility index (Phi) is 4.42. The number of halogens is 1. The minimum Gasteiger partial charge on any atom is -0.494 e. The maximum Gasteiger partial charge on any atom is 0.119 e. The van der Waals surface area contributed by atoms with Gasteiger partial charge in [0.05, 0.1) is 6.61 Å². The van der Waals surface area contributed by atoms with Gasteiger partial charge in [0.1, 0.15) is 5.75 Å². The number of hydrogen-bond acceptors (Lipinski definition) is 1. The first kappa shape index (κ1) is 12.4. The van der Waals surface area contributed by atoms with Gasteiger partial charge in [0.15, 0.2) is 0 Å². The van der Waals surface area contributed by atoms with Crippen molar-refractivity contribution < 1.29 is 4.74 Å². The van der Waals surface area contributed by atoms with Gasteiger partial charge in [-0.15, -0.1) is 0 Å². The molecule has 0 saturated carbocycles. The van der Waals surface area contributed by atoms with Crippen LogP contribution in [-0.2, 0) is 6.42 Å². The fourth-order valence-electron chi connectivity index (χ4n) is 1.73. The van der Waals surface area contributed by atoms with Gasteiger partial charge < -0.3 is 4.74 Å². The Hall–Kier alpha value is -1.03. The number of hydrogen-bond donors (Lipinski definition) is 0. The van der Waals surface area contributed by atoms with Crippen LogP contribution in [0.5, 0.6) is 5.75 Å². The molecule has 0 N–H and O–H groups in total. The molecule has 2 aromatic rings. The third-order valence-electron chi connectivity index (χ3n) is 2.59. The van der Waals surface area contributed by atoms with Crippen molar-refractivity contribution in [2.75, 3.05) is 6.61 Å². The van der Waals surface area contributed by atoms with E-state index in [1.807, 2.05) is 19.1 Å². The van der Waals surface area contributed by atoms with E-state index in [-0.39, 0.29) is 0 Å². The van der Waals surface area contributed by atoms with Crippen molar-refractivity contribution in [3.8, 4) is 5.75 Å². The molecule has 2 heteroatoms. The van der Waals surface area contributed by atoms with E-state index < -0.39 is 0 Å². The third-order valence-corrected chi connectivity index (χ3v) is 3.64. The van der Waals surface area contributed by atoms with E-state index in [2.05, 4.69) is 59.0 Å². The van der Waals surface area contributed by atoms with Crippen LogP contribution < -0.4 is 4.74 Å². The van der Waals surface area contributed by atoms with E-state index in [0.29, 0.717) is 0 Å². The molecule has 0 aromatic heterocycles. The fourth-order valence-corrected chi connectivity index (χ4v) is 2.31. The molecule has 0 aliphatic rings. The SMILES string of the molecule is CCOc1ccc(Cc2ccccc2I)cc1. The van der Waals surface area contributed by atoms with Crippen LogP contribution in [0, 0.1) is 3.57 Å². The van der Waals surface area contributed by atoms with Gasteiger partial charge in [-0.05, 0) is 65.3 Å². The molecule has 0 spiro atoms. The van der Waals surface area contributed by atoms with Crippen molar-refractivity contribution in [1.29, 1.82) is 0 Å². The Morgan fingerprint density at radius 1 is 1.00 bits per heavy atom. The third kappa shape index (κ3) is 3.46. The van der Waals surface area contributed by atoms with E-state index in [1.165, 1.54) is 14.7 Å². The molecule has 1 nitrogen and oxygen atoms in total. The second kappa shape index (κ2) is 6.05. The molecule has 0 saturated heterocycles. The van der Waals surface area contributed by atoms with E-state index in [4.69, 9.17) is 4.74 Å². The molecule has 0 bridgehead atoms. The van der Waals surface area contributed by atoms with Gasteiger partial charge in [-0.2, -0.15) is 0 Å². The normalized spacial score (nSPS) is 10.2. The summed E-state index contributed by atoms with van der Waals surface area (Å²) in [6.07, 6.45) is 0.978. The molecule has 17 heavy (non-hydrogen) atoms. The van der Waals surface area contributed by atoms with Crippen LogP contribution in [0.3, 0.4) is 0 Å². The summed E-state index contributed by atoms with van der Waals surface area (Å²) in [5, 5.41) is 0. The topological polar surface area (TPSA) is 9.23 Å². The van der Waals surface area contributed by atoms with E-state index in [1.54, 1.807) is 0 Å². The lowest BCUT2D eigenvalue weighted by molar-refractivity contribution is 0.340. The molecule has 0 radical (unpaired) electrons. The summed E-state index contributed by atoms with van der Waals surface area (Å²) in [6.45, 7) is 2.72. The molecule has 0 fully saturated rings. The lowest BCUT2D eigenvalue weighted by Gasteiger charge is -2.06. The Morgan fingerprint density at radius 3 is 2.35 bits per heavy atom. The fraction of sp³-hybridized carbons (Fsp3) is 0.200. The average molecular weight is 338 g/mol. The zero-order valence-electron chi connectivity index (χ0n) is 9.82. The maximum atomic E-state index is 5.43. The van der Waals surface area contributed by atoms with E-state index in [0.717, 1.165) is 18.8 Å². The number of rotatable bonds is 4. The zero-order valence-corrected chi connectivity index (χ0v) is 12.0. The van der Waals surface area contributed by atoms with Crippen LogP contribution in [-0.4, -0.2) is 6.61 Å². The van der Waals surface area contributed by atoms with Crippen LogP contribution in [0.4, 0.5) is 0 Å². The first-order valence-electron chi connectivity index (χ1n) is 5.74. The average Bonchev–Trinajstić information content (AvgIpc) is 2.35. The highest BCUT2D eigenvalue weighted by atomic mass is 127. The van der Waals surface area contributed by atoms with Crippen molar-refractivity contribution in [3.05, 3.63) is 63.2 Å². The molecule has 2 aromatic carbocycles. The van der Waals surface area contributed by atoms with Gasteiger partial charge in [0.2, 0.25) is 0 Å².